The molecule has 3 nitrogen and oxygen atoms in total. The molecule has 2 saturated carbocycles. The van der Waals surface area contributed by atoms with Crippen molar-refractivity contribution in [3.05, 3.63) is 197 Å². The third-order valence-corrected chi connectivity index (χ3v) is 19.2. The zero-order valence-corrected chi connectivity index (χ0v) is 40.9. The minimum Gasteiger partial charge on any atom is -0.454 e. The Bertz CT molecular complexity index is 4150. The summed E-state index contributed by atoms with van der Waals surface area (Å²) < 4.78 is 9.95. The van der Waals surface area contributed by atoms with Crippen LogP contribution in [0.1, 0.15) is 88.5 Å². The van der Waals surface area contributed by atoms with E-state index in [-0.39, 0.29) is 23.1 Å². The number of aromatic nitrogens is 1. The molecule has 4 heterocycles. The average Bonchev–Trinajstić information content (AvgIpc) is 4.28. The largest absolute Gasteiger partial charge is 0.454 e. The Morgan fingerprint density at radius 1 is 0.549 bits per heavy atom. The first-order valence-corrected chi connectivity index (χ1v) is 26.3. The lowest BCUT2D eigenvalue weighted by Crippen LogP contribution is -2.61. The monoisotopic (exact) mass is 912 g/mol. The third kappa shape index (κ3) is 5.16. The number of furan rings is 1. The molecule has 71 heavy (non-hydrogen) atoms. The van der Waals surface area contributed by atoms with Crippen LogP contribution in [-0.2, 0) is 16.2 Å². The molecule has 8 aromatic carbocycles. The standard InChI is InChI=1S/C67H53BN2O/c1-65(2)55-16-10-8-14-47(55)49-33-51-52-34-54-48-15-9-11-17-60(48)71-64(54)63-61(52)68(70(59(51)35-56(49)65)46-21-18-39(19-22-46)38-12-6-5-7-13-38)57-32-45(67(4)27-25-41-29-43(41)37-67)31-53-50-30-44(20-23-58(50)69(63)62(53)57)66(3)26-24-40-28-42(40)36-66/h5-25,30-35,42-43H,26-29,36-37H2,1-4H3. The molecule has 2 fully saturated rings. The predicted octanol–water partition coefficient (Wildman–Crippen LogP) is 15.9. The van der Waals surface area contributed by atoms with Crippen molar-refractivity contribution in [3.8, 4) is 39.1 Å². The van der Waals surface area contributed by atoms with Crippen LogP contribution >= 0.6 is 0 Å². The Morgan fingerprint density at radius 3 is 2.04 bits per heavy atom. The Labute approximate surface area is 415 Å². The lowest BCUT2D eigenvalue weighted by Gasteiger charge is -2.43. The van der Waals surface area contributed by atoms with E-state index in [1.165, 1.54) is 136 Å². The van der Waals surface area contributed by atoms with Gasteiger partial charge in [0.25, 0.3) is 0 Å². The van der Waals surface area contributed by atoms with E-state index in [0.717, 1.165) is 35.3 Å². The normalized spacial score (nSPS) is 23.5. The zero-order valence-electron chi connectivity index (χ0n) is 40.9. The first-order valence-electron chi connectivity index (χ1n) is 26.3. The average molecular weight is 913 g/mol. The highest BCUT2D eigenvalue weighted by atomic mass is 16.3. The molecular formula is C67H53BN2O. The predicted molar refractivity (Wildman–Crippen MR) is 296 cm³/mol. The van der Waals surface area contributed by atoms with Gasteiger partial charge < -0.3 is 13.8 Å². The SMILES string of the molecule is CC1(c2ccc3c(c2)c2cc(C4(C)CC=C5CC5C4)cc4c2n3-c2c3c(cc5c2oc2ccccc25)-c2cc5c(cc2N(c2ccc(-c6ccccc6)cc2)B34)C(C)(C)c2ccccc2-5)CC=C2CC2C1. The summed E-state index contributed by atoms with van der Waals surface area (Å²) in [6.45, 7) is 9.82. The van der Waals surface area contributed by atoms with Crippen LogP contribution in [0.4, 0.5) is 11.4 Å². The Balaban J connectivity index is 1.02. The van der Waals surface area contributed by atoms with E-state index in [1.807, 2.05) is 0 Å². The quantitative estimate of drug-likeness (QED) is 0.130. The highest BCUT2D eigenvalue weighted by Gasteiger charge is 2.49. The summed E-state index contributed by atoms with van der Waals surface area (Å²) in [5, 5.41) is 5.08. The van der Waals surface area contributed by atoms with E-state index < -0.39 is 0 Å². The van der Waals surface area contributed by atoms with E-state index in [4.69, 9.17) is 4.42 Å². The molecule has 4 unspecified atom stereocenters. The van der Waals surface area contributed by atoms with Gasteiger partial charge in [-0.2, -0.15) is 0 Å². The van der Waals surface area contributed by atoms with Gasteiger partial charge >= 0.3 is 6.85 Å². The van der Waals surface area contributed by atoms with Gasteiger partial charge in [0.15, 0.2) is 5.58 Å². The molecule has 0 spiro atoms. The molecule has 0 N–H and O–H groups in total. The summed E-state index contributed by atoms with van der Waals surface area (Å²) in [4.78, 5) is 2.75. The minimum atomic E-state index is -0.166. The molecule has 0 saturated heterocycles. The molecule has 4 heteroatoms. The summed E-state index contributed by atoms with van der Waals surface area (Å²) in [6.07, 6.45) is 12.4. The van der Waals surface area contributed by atoms with Crippen molar-refractivity contribution in [2.45, 2.75) is 82.5 Å². The first-order chi connectivity index (χ1) is 34.6. The minimum absolute atomic E-state index is 0.0288. The number of para-hydroxylation sites is 1. The second-order valence-electron chi connectivity index (χ2n) is 23.8. The van der Waals surface area contributed by atoms with Gasteiger partial charge in [0.1, 0.15) is 5.58 Å². The van der Waals surface area contributed by atoms with Gasteiger partial charge in [-0.25, -0.2) is 0 Å². The molecule has 0 bridgehead atoms. The van der Waals surface area contributed by atoms with E-state index in [1.54, 1.807) is 11.1 Å². The fourth-order valence-corrected chi connectivity index (χ4v) is 15.2. The van der Waals surface area contributed by atoms with E-state index >= 15 is 0 Å². The van der Waals surface area contributed by atoms with Gasteiger partial charge in [-0.1, -0.05) is 148 Å². The lowest BCUT2D eigenvalue weighted by atomic mass is 9.43. The van der Waals surface area contributed by atoms with Crippen LogP contribution in [0.2, 0.25) is 0 Å². The van der Waals surface area contributed by atoms with Gasteiger partial charge in [0, 0.05) is 43.9 Å². The molecular weight excluding hydrogens is 860 g/mol. The van der Waals surface area contributed by atoms with E-state index in [9.17, 15) is 0 Å². The number of hydrogen-bond acceptors (Lipinski definition) is 2. The van der Waals surface area contributed by atoms with Crippen molar-refractivity contribution in [1.82, 2.24) is 4.57 Å². The summed E-state index contributed by atoms with van der Waals surface area (Å²) >= 11 is 0. The van der Waals surface area contributed by atoms with E-state index in [0.29, 0.717) is 5.92 Å². The van der Waals surface area contributed by atoms with Crippen molar-refractivity contribution in [2.75, 3.05) is 4.81 Å². The molecule has 0 amide bonds. The number of fused-ring (bicyclic) bond motifs is 16. The highest BCUT2D eigenvalue weighted by molar-refractivity contribution is 6.94. The molecule has 7 aliphatic rings. The van der Waals surface area contributed by atoms with Gasteiger partial charge in [-0.15, -0.1) is 0 Å². The molecule has 2 aromatic heterocycles. The number of anilines is 2. The molecule has 4 atom stereocenters. The van der Waals surface area contributed by atoms with Crippen LogP contribution in [0.25, 0.3) is 82.8 Å². The fraction of sp³-hybridized carbons (Fsp3) is 0.224. The lowest BCUT2D eigenvalue weighted by molar-refractivity contribution is 0.407. The van der Waals surface area contributed by atoms with Gasteiger partial charge in [0.05, 0.1) is 16.7 Å². The molecule has 2 aliphatic heterocycles. The van der Waals surface area contributed by atoms with Crippen molar-refractivity contribution in [2.24, 2.45) is 11.8 Å². The Hall–Kier alpha value is -7.30. The summed E-state index contributed by atoms with van der Waals surface area (Å²) in [5.74, 6) is 1.46. The smallest absolute Gasteiger partial charge is 0.333 e. The summed E-state index contributed by atoms with van der Waals surface area (Å²) in [5.41, 5.74) is 27.7. The van der Waals surface area contributed by atoms with Crippen LogP contribution in [0.3, 0.4) is 0 Å². The van der Waals surface area contributed by atoms with E-state index in [2.05, 4.69) is 201 Å². The van der Waals surface area contributed by atoms with Crippen molar-refractivity contribution in [1.29, 1.82) is 0 Å². The number of allylic oxidation sites excluding steroid dienone is 4. The van der Waals surface area contributed by atoms with Crippen LogP contribution in [-0.4, -0.2) is 11.4 Å². The molecule has 5 aliphatic carbocycles. The Morgan fingerprint density at radius 2 is 1.25 bits per heavy atom. The summed E-state index contributed by atoms with van der Waals surface area (Å²) in [6, 6.07) is 58.8. The van der Waals surface area contributed by atoms with Crippen molar-refractivity contribution < 1.29 is 4.42 Å². The first kappa shape index (κ1) is 39.4. The van der Waals surface area contributed by atoms with Crippen LogP contribution in [0.15, 0.2) is 179 Å². The maximum Gasteiger partial charge on any atom is 0.333 e. The molecule has 10 aromatic rings. The maximum atomic E-state index is 7.28. The second-order valence-corrected chi connectivity index (χ2v) is 23.8. The highest BCUT2D eigenvalue weighted by Crippen LogP contribution is 2.58. The number of rotatable bonds is 4. The van der Waals surface area contributed by atoms with Gasteiger partial charge in [-0.05, 0) is 177 Å². The van der Waals surface area contributed by atoms with Crippen LogP contribution in [0, 0.1) is 11.8 Å². The topological polar surface area (TPSA) is 21.3 Å². The van der Waals surface area contributed by atoms with Crippen molar-refractivity contribution >= 4 is 72.9 Å². The fourth-order valence-electron chi connectivity index (χ4n) is 15.2. The molecule has 340 valence electrons. The number of hydrogen-bond donors (Lipinski definition) is 0. The van der Waals surface area contributed by atoms with Gasteiger partial charge in [0.2, 0.25) is 0 Å². The zero-order chi connectivity index (χ0) is 46.9. The second kappa shape index (κ2) is 13.2. The van der Waals surface area contributed by atoms with Crippen LogP contribution < -0.4 is 15.7 Å². The number of nitrogens with zero attached hydrogens (tertiary/aromatic N) is 2. The summed E-state index contributed by atoms with van der Waals surface area (Å²) in [7, 11) is 0. The van der Waals surface area contributed by atoms with Crippen molar-refractivity contribution in [3.63, 3.8) is 0 Å². The van der Waals surface area contributed by atoms with Crippen LogP contribution in [0.5, 0.6) is 0 Å². The molecule has 17 rings (SSSR count). The Kier molecular flexibility index (Phi) is 7.31. The number of benzene rings is 8. The van der Waals surface area contributed by atoms with Gasteiger partial charge in [-0.3, -0.25) is 0 Å². The maximum absolute atomic E-state index is 7.28. The molecule has 0 radical (unpaired) electrons. The third-order valence-electron chi connectivity index (χ3n) is 19.2.